The molecule has 0 heterocycles. The Morgan fingerprint density at radius 2 is 1.29 bits per heavy atom. The fourth-order valence-corrected chi connectivity index (χ4v) is 7.23. The van der Waals surface area contributed by atoms with E-state index in [1.54, 1.807) is 7.11 Å². The second-order valence-electron chi connectivity index (χ2n) is 10.6. The third-order valence-electron chi connectivity index (χ3n) is 5.88. The van der Waals surface area contributed by atoms with E-state index in [0.29, 0.717) is 6.61 Å². The second kappa shape index (κ2) is 23.1. The molecule has 34 heavy (non-hydrogen) atoms. The first-order valence-corrected chi connectivity index (χ1v) is 23.2. The minimum absolute atomic E-state index is 0.0618. The molecule has 0 saturated carbocycles. The zero-order chi connectivity index (χ0) is 25.5. The molecule has 8 heteroatoms. The zero-order valence-corrected chi connectivity index (χ0v) is 26.7. The van der Waals surface area contributed by atoms with Crippen LogP contribution in [0.3, 0.4) is 0 Å². The summed E-state index contributed by atoms with van der Waals surface area (Å²) in [4.78, 5) is 12.0. The number of ether oxygens (including phenoxy) is 1. The van der Waals surface area contributed by atoms with E-state index >= 15 is 0 Å². The van der Waals surface area contributed by atoms with Gasteiger partial charge in [-0.15, -0.1) is 0 Å². The summed E-state index contributed by atoms with van der Waals surface area (Å²) in [5.74, 6) is 2.02. The molecule has 0 spiro atoms. The molecule has 0 saturated heterocycles. The van der Waals surface area contributed by atoms with Crippen molar-refractivity contribution in [1.29, 1.82) is 0 Å². The number of hydrogen-bond acceptors (Lipinski definition) is 6. The van der Waals surface area contributed by atoms with Gasteiger partial charge < -0.3 is 0 Å². The molecule has 0 amide bonds. The van der Waals surface area contributed by atoms with Crippen molar-refractivity contribution in [2.75, 3.05) is 38.4 Å². The van der Waals surface area contributed by atoms with Crippen LogP contribution in [0, 0.1) is 5.92 Å². The second-order valence-corrected chi connectivity index (χ2v) is 23.7. The van der Waals surface area contributed by atoms with Crippen molar-refractivity contribution in [2.45, 2.75) is 119 Å². The normalized spacial score (nSPS) is 14.9. The van der Waals surface area contributed by atoms with Crippen molar-refractivity contribution in [3.8, 4) is 0 Å². The van der Waals surface area contributed by atoms with E-state index in [-0.39, 0.29) is 19.1 Å². The van der Waals surface area contributed by atoms with Gasteiger partial charge in [0.05, 0.1) is 0 Å². The van der Waals surface area contributed by atoms with Crippen LogP contribution in [0.5, 0.6) is 0 Å². The Hall–Kier alpha value is 0.978. The summed E-state index contributed by atoms with van der Waals surface area (Å²) in [6.45, 7) is 3.15. The van der Waals surface area contributed by atoms with E-state index in [9.17, 15) is 9.46 Å². The van der Waals surface area contributed by atoms with Crippen molar-refractivity contribution in [1.82, 2.24) is 0 Å². The maximum absolute atomic E-state index is 12.0. The molecular weight excluding hydrogens is 530 g/mol. The van der Waals surface area contributed by atoms with Crippen molar-refractivity contribution in [3.05, 3.63) is 0 Å². The van der Waals surface area contributed by atoms with Gasteiger partial charge in [-0.2, -0.15) is 0 Å². The average Bonchev–Trinajstić information content (AvgIpc) is 2.76. The number of unbranched alkanes of at least 4 members (excludes halogenated alkanes) is 13. The molecule has 1 radical (unpaired) electrons. The van der Waals surface area contributed by atoms with E-state index in [2.05, 4.69) is 24.1 Å². The standard InChI is InChI=1S/C26H57AsO5PS/c1-6-7-8-9-10-11-12-13-14-15-16-17-18-19-22-34-25-26(23-30-5)24-32-33(28,29)31-21-20-27(2,3)4/h26H,6-25H2,1-5H3,(H,28,29)/p-1. The Labute approximate surface area is 219 Å². The summed E-state index contributed by atoms with van der Waals surface area (Å²) >= 11 is 0.222. The molecule has 0 aliphatic heterocycles. The van der Waals surface area contributed by atoms with Gasteiger partial charge in [-0.1, -0.05) is 84.0 Å². The number of methoxy groups -OCH3 is 1. The minimum atomic E-state index is -4.22. The SMILES string of the molecule is CCCCCCCCCCCCCCCCSCC(COC)COP(=O)([O-])OCC[As](C)(C)C. The summed E-state index contributed by atoms with van der Waals surface area (Å²) in [6.07, 6.45) is 19.3. The van der Waals surface area contributed by atoms with Crippen LogP contribution >= 0.6 is 19.6 Å². The van der Waals surface area contributed by atoms with E-state index in [0.717, 1.165) is 16.7 Å². The summed E-state index contributed by atoms with van der Waals surface area (Å²) < 4.78 is 27.4. The number of rotatable bonds is 26. The Balaban J connectivity index is 3.65. The Morgan fingerprint density at radius 3 is 1.76 bits per heavy atom. The molecule has 0 aromatic carbocycles. The molecular formula is C26H56AsO5PS-. The predicted molar refractivity (Wildman–Crippen MR) is 151 cm³/mol. The fraction of sp³-hybridized carbons (Fsp3) is 1.00. The van der Waals surface area contributed by atoms with Crippen molar-refractivity contribution in [2.24, 2.45) is 5.92 Å². The summed E-state index contributed by atoms with van der Waals surface area (Å²) in [5.41, 5.74) is 6.67. The van der Waals surface area contributed by atoms with Gasteiger partial charge in [-0.3, -0.25) is 0 Å². The van der Waals surface area contributed by atoms with Crippen molar-refractivity contribution >= 4 is 33.1 Å². The molecule has 2 atom stereocenters. The maximum atomic E-state index is 12.0. The van der Waals surface area contributed by atoms with Gasteiger partial charge in [-0.25, -0.2) is 0 Å². The predicted octanol–water partition coefficient (Wildman–Crippen LogP) is 8.30. The molecule has 0 fully saturated rings. The number of phosphoric ester groups is 1. The molecule has 0 bridgehead atoms. The van der Waals surface area contributed by atoms with Crippen LogP contribution < -0.4 is 4.89 Å². The van der Waals surface area contributed by atoms with E-state index in [4.69, 9.17) is 13.8 Å². The van der Waals surface area contributed by atoms with Crippen LogP contribution in [0.25, 0.3) is 0 Å². The average molecular weight is 587 g/mol. The van der Waals surface area contributed by atoms with Crippen molar-refractivity contribution < 1.29 is 23.2 Å². The summed E-state index contributed by atoms with van der Waals surface area (Å²) in [7, 11) is -2.57. The molecule has 0 aliphatic rings. The van der Waals surface area contributed by atoms with Gasteiger partial charge in [0.2, 0.25) is 0 Å². The topological polar surface area (TPSA) is 67.8 Å². The van der Waals surface area contributed by atoms with Crippen LogP contribution in [0.15, 0.2) is 0 Å². The fourth-order valence-electron chi connectivity index (χ4n) is 3.69. The van der Waals surface area contributed by atoms with Gasteiger partial charge in [-0.05, 0) is 0 Å². The molecule has 5 nitrogen and oxygen atoms in total. The van der Waals surface area contributed by atoms with Crippen LogP contribution in [0.4, 0.5) is 0 Å². The van der Waals surface area contributed by atoms with E-state index in [1.165, 1.54) is 89.9 Å². The van der Waals surface area contributed by atoms with Crippen LogP contribution in [0.2, 0.25) is 22.3 Å². The van der Waals surface area contributed by atoms with Gasteiger partial charge in [0, 0.05) is 0 Å². The molecule has 0 aromatic rings. The zero-order valence-electron chi connectivity index (χ0n) is 23.1. The van der Waals surface area contributed by atoms with E-state index in [1.807, 2.05) is 11.8 Å². The number of thioether (sulfide) groups is 1. The quantitative estimate of drug-likeness (QED) is 0.0577. The van der Waals surface area contributed by atoms with Gasteiger partial charge in [0.15, 0.2) is 0 Å². The van der Waals surface area contributed by atoms with Gasteiger partial charge in [0.25, 0.3) is 0 Å². The Bertz CT molecular complexity index is 490. The Kier molecular flexibility index (Phi) is 23.8. The van der Waals surface area contributed by atoms with Crippen LogP contribution in [-0.2, 0) is 18.3 Å². The Morgan fingerprint density at radius 1 is 0.794 bits per heavy atom. The first-order valence-electron chi connectivity index (χ1n) is 13.7. The molecule has 0 aromatic heterocycles. The van der Waals surface area contributed by atoms with Gasteiger partial charge in [0.1, 0.15) is 0 Å². The number of phosphoric acid groups is 1. The van der Waals surface area contributed by atoms with Crippen LogP contribution in [-0.4, -0.2) is 52.0 Å². The van der Waals surface area contributed by atoms with Crippen molar-refractivity contribution in [3.63, 3.8) is 0 Å². The van der Waals surface area contributed by atoms with Gasteiger partial charge >= 0.3 is 136 Å². The molecule has 207 valence electrons. The monoisotopic (exact) mass is 586 g/mol. The first-order chi connectivity index (χ1) is 16.2. The third kappa shape index (κ3) is 26.1. The molecule has 0 aliphatic carbocycles. The number of hydrogen-bond donors (Lipinski definition) is 0. The summed E-state index contributed by atoms with van der Waals surface area (Å²) in [5, 5.41) is 0.838. The molecule has 0 rings (SSSR count). The first kappa shape index (κ1) is 35.0. The van der Waals surface area contributed by atoms with Crippen LogP contribution in [0.1, 0.15) is 96.8 Å². The molecule has 0 N–H and O–H groups in total. The molecule has 2 unspecified atom stereocenters. The van der Waals surface area contributed by atoms with E-state index < -0.39 is 21.4 Å². The summed E-state index contributed by atoms with van der Waals surface area (Å²) in [6, 6.07) is 0. The third-order valence-corrected chi connectivity index (χ3v) is 11.3.